The highest BCUT2D eigenvalue weighted by molar-refractivity contribution is 5.87. The Bertz CT molecular complexity index is 598. The van der Waals surface area contributed by atoms with Crippen molar-refractivity contribution in [1.29, 1.82) is 0 Å². The Morgan fingerprint density at radius 1 is 1.11 bits per heavy atom. The maximum absolute atomic E-state index is 12.2. The molecule has 0 aromatic heterocycles. The number of piperazine rings is 1. The molecule has 1 aromatic rings. The number of ether oxygens (including phenoxy) is 1. The van der Waals surface area contributed by atoms with Crippen molar-refractivity contribution >= 4 is 11.8 Å². The van der Waals surface area contributed by atoms with E-state index in [0.717, 1.165) is 44.9 Å². The summed E-state index contributed by atoms with van der Waals surface area (Å²) in [4.78, 5) is 26.9. The van der Waals surface area contributed by atoms with Crippen molar-refractivity contribution in [2.24, 2.45) is 0 Å². The van der Waals surface area contributed by atoms with E-state index in [1.165, 1.54) is 15.4 Å². The van der Waals surface area contributed by atoms with Crippen LogP contribution in [0.1, 0.15) is 25.8 Å². The largest absolute Gasteiger partial charge is 0.497 e. The van der Waals surface area contributed by atoms with Crippen molar-refractivity contribution in [2.45, 2.75) is 32.9 Å². The molecule has 1 heterocycles. The molecule has 7 heteroatoms. The zero-order valence-electron chi connectivity index (χ0n) is 16.8. The fourth-order valence-electron chi connectivity index (χ4n) is 3.33. The molecular formula is C20H34N4O3+2. The second kappa shape index (κ2) is 10.9. The molecule has 1 aliphatic heterocycles. The van der Waals surface area contributed by atoms with Gasteiger partial charge in [-0.05, 0) is 37.6 Å². The van der Waals surface area contributed by atoms with Gasteiger partial charge < -0.3 is 25.2 Å². The van der Waals surface area contributed by atoms with E-state index in [1.54, 1.807) is 14.0 Å². The standard InChI is InChI=1S/C20H32N4O3/c1-4-9-21-20(26)16(2)22-19(25)15-24-12-10-23(11-13-24)14-17-5-7-18(27-3)8-6-17/h5-8,16H,4,9-15H2,1-3H3,(H,21,26)(H,22,25)/p+2/t16-/m1/s1. The summed E-state index contributed by atoms with van der Waals surface area (Å²) in [5.74, 6) is 0.711. The van der Waals surface area contributed by atoms with Crippen LogP contribution in [-0.4, -0.2) is 64.2 Å². The molecule has 2 amide bonds. The third-order valence-electron chi connectivity index (χ3n) is 5.01. The quantitative estimate of drug-likeness (QED) is 0.402. The summed E-state index contributed by atoms with van der Waals surface area (Å²) in [7, 11) is 1.68. The van der Waals surface area contributed by atoms with Crippen molar-refractivity contribution in [1.82, 2.24) is 10.6 Å². The van der Waals surface area contributed by atoms with Crippen molar-refractivity contribution < 1.29 is 24.1 Å². The van der Waals surface area contributed by atoms with Gasteiger partial charge >= 0.3 is 0 Å². The first-order valence-corrected chi connectivity index (χ1v) is 9.89. The summed E-state index contributed by atoms with van der Waals surface area (Å²) in [6.07, 6.45) is 0.889. The molecule has 1 aliphatic rings. The molecule has 2 rings (SSSR count). The highest BCUT2D eigenvalue weighted by atomic mass is 16.5. The molecule has 0 radical (unpaired) electrons. The Morgan fingerprint density at radius 2 is 1.74 bits per heavy atom. The summed E-state index contributed by atoms with van der Waals surface area (Å²) < 4.78 is 5.20. The molecule has 27 heavy (non-hydrogen) atoms. The van der Waals surface area contributed by atoms with Gasteiger partial charge in [-0.15, -0.1) is 0 Å². The van der Waals surface area contributed by atoms with Crippen molar-refractivity contribution in [2.75, 3.05) is 46.4 Å². The topological polar surface area (TPSA) is 76.3 Å². The van der Waals surface area contributed by atoms with E-state index in [0.29, 0.717) is 13.1 Å². The molecule has 1 fully saturated rings. The highest BCUT2D eigenvalue weighted by Gasteiger charge is 2.26. The average molecular weight is 379 g/mol. The summed E-state index contributed by atoms with van der Waals surface area (Å²) >= 11 is 0. The first kappa shape index (κ1) is 21.2. The lowest BCUT2D eigenvalue weighted by molar-refractivity contribution is -1.02. The lowest BCUT2D eigenvalue weighted by Gasteiger charge is -2.29. The number of amides is 2. The van der Waals surface area contributed by atoms with Crippen molar-refractivity contribution in [3.63, 3.8) is 0 Å². The summed E-state index contributed by atoms with van der Waals surface area (Å²) in [6.45, 7) is 9.83. The predicted molar refractivity (Wildman–Crippen MR) is 104 cm³/mol. The summed E-state index contributed by atoms with van der Waals surface area (Å²) in [5.41, 5.74) is 1.30. The van der Waals surface area contributed by atoms with Gasteiger partial charge in [-0.2, -0.15) is 0 Å². The van der Waals surface area contributed by atoms with E-state index in [2.05, 4.69) is 22.8 Å². The van der Waals surface area contributed by atoms with Gasteiger partial charge in [-0.3, -0.25) is 9.59 Å². The van der Waals surface area contributed by atoms with Gasteiger partial charge in [0.25, 0.3) is 5.91 Å². The van der Waals surface area contributed by atoms with Gasteiger partial charge in [0.15, 0.2) is 6.54 Å². The van der Waals surface area contributed by atoms with E-state index in [9.17, 15) is 9.59 Å². The Balaban J connectivity index is 1.68. The molecule has 0 aliphatic carbocycles. The van der Waals surface area contributed by atoms with E-state index in [-0.39, 0.29) is 11.8 Å². The molecule has 0 saturated carbocycles. The van der Waals surface area contributed by atoms with E-state index < -0.39 is 6.04 Å². The van der Waals surface area contributed by atoms with Crippen LogP contribution in [0.5, 0.6) is 5.75 Å². The van der Waals surface area contributed by atoms with Crippen molar-refractivity contribution in [3.8, 4) is 5.75 Å². The van der Waals surface area contributed by atoms with Crippen LogP contribution in [0.25, 0.3) is 0 Å². The number of hydrogen-bond donors (Lipinski definition) is 4. The fourth-order valence-corrected chi connectivity index (χ4v) is 3.33. The maximum Gasteiger partial charge on any atom is 0.275 e. The van der Waals surface area contributed by atoms with Gasteiger partial charge in [0.05, 0.1) is 7.11 Å². The van der Waals surface area contributed by atoms with E-state index in [1.807, 2.05) is 19.1 Å². The van der Waals surface area contributed by atoms with Crippen LogP contribution in [0.2, 0.25) is 0 Å². The zero-order valence-corrected chi connectivity index (χ0v) is 16.8. The molecule has 1 saturated heterocycles. The summed E-state index contributed by atoms with van der Waals surface area (Å²) in [6, 6.07) is 7.74. The minimum Gasteiger partial charge on any atom is -0.497 e. The van der Waals surface area contributed by atoms with Gasteiger partial charge in [-0.1, -0.05) is 6.92 Å². The predicted octanol–water partition coefficient (Wildman–Crippen LogP) is -1.99. The first-order chi connectivity index (χ1) is 13.0. The van der Waals surface area contributed by atoms with Gasteiger partial charge in [-0.25, -0.2) is 0 Å². The van der Waals surface area contributed by atoms with Gasteiger partial charge in [0.1, 0.15) is 44.5 Å². The number of carbonyl (C=O) groups is 2. The molecule has 0 bridgehead atoms. The third kappa shape index (κ3) is 7.19. The molecular weight excluding hydrogens is 344 g/mol. The third-order valence-corrected chi connectivity index (χ3v) is 5.01. The van der Waals surface area contributed by atoms with Gasteiger partial charge in [0, 0.05) is 12.1 Å². The monoisotopic (exact) mass is 378 g/mol. The molecule has 0 unspecified atom stereocenters. The van der Waals surface area contributed by atoms with Crippen LogP contribution in [0.15, 0.2) is 24.3 Å². The number of carbonyl (C=O) groups excluding carboxylic acids is 2. The Morgan fingerprint density at radius 3 is 2.33 bits per heavy atom. The Labute approximate surface area is 162 Å². The van der Waals surface area contributed by atoms with E-state index >= 15 is 0 Å². The molecule has 1 aromatic carbocycles. The maximum atomic E-state index is 12.2. The molecule has 0 spiro atoms. The second-order valence-corrected chi connectivity index (χ2v) is 7.28. The van der Waals surface area contributed by atoms with Crippen molar-refractivity contribution in [3.05, 3.63) is 29.8 Å². The summed E-state index contributed by atoms with van der Waals surface area (Å²) in [5, 5.41) is 5.61. The lowest BCUT2D eigenvalue weighted by atomic mass is 10.2. The number of benzene rings is 1. The molecule has 1 atom stereocenters. The number of rotatable bonds is 9. The second-order valence-electron chi connectivity index (χ2n) is 7.28. The van der Waals surface area contributed by atoms with Crippen LogP contribution < -0.4 is 25.2 Å². The number of hydrogen-bond acceptors (Lipinski definition) is 3. The van der Waals surface area contributed by atoms with Crippen LogP contribution >= 0.6 is 0 Å². The average Bonchev–Trinajstić information content (AvgIpc) is 2.68. The van der Waals surface area contributed by atoms with E-state index in [4.69, 9.17) is 4.74 Å². The molecule has 150 valence electrons. The minimum absolute atomic E-state index is 0.0530. The number of methoxy groups -OCH3 is 1. The normalized spacial score (nSPS) is 20.6. The fraction of sp³-hybridized carbons (Fsp3) is 0.600. The molecule has 7 nitrogen and oxygen atoms in total. The number of nitrogens with one attached hydrogen (secondary N) is 4. The Hall–Kier alpha value is -2.12. The smallest absolute Gasteiger partial charge is 0.275 e. The van der Waals surface area contributed by atoms with Crippen LogP contribution in [0.3, 0.4) is 0 Å². The molecule has 4 N–H and O–H groups in total. The minimum atomic E-state index is -0.481. The first-order valence-electron chi connectivity index (χ1n) is 9.89. The van der Waals surface area contributed by atoms with Gasteiger partial charge in [0.2, 0.25) is 5.91 Å². The number of quaternary nitrogens is 2. The highest BCUT2D eigenvalue weighted by Crippen LogP contribution is 2.10. The van der Waals surface area contributed by atoms with Crippen LogP contribution in [0.4, 0.5) is 0 Å². The lowest BCUT2D eigenvalue weighted by Crippen LogP contribution is -3.28. The van der Waals surface area contributed by atoms with Crippen LogP contribution in [0, 0.1) is 0 Å². The Kier molecular flexibility index (Phi) is 8.54. The SMILES string of the molecule is CCCNC(=O)[C@@H](C)NC(=O)C[NH+]1CC[NH+](Cc2ccc(OC)cc2)CC1. The van der Waals surface area contributed by atoms with Crippen LogP contribution in [-0.2, 0) is 16.1 Å². The zero-order chi connectivity index (χ0) is 19.6.